The van der Waals surface area contributed by atoms with Crippen LogP contribution in [-0.2, 0) is 24.0 Å². The molecule has 2 atom stereocenters. The van der Waals surface area contributed by atoms with Crippen LogP contribution in [-0.4, -0.2) is 46.9 Å². The Hall–Kier alpha value is -2.69. The number of nitrogens with zero attached hydrogens (tertiary/aromatic N) is 1. The molecule has 2 aromatic carbocycles. The Morgan fingerprint density at radius 2 is 1.67 bits per heavy atom. The van der Waals surface area contributed by atoms with E-state index in [9.17, 15) is 13.2 Å². The van der Waals surface area contributed by atoms with Crippen molar-refractivity contribution >= 4 is 30.1 Å². The number of hydrogen-bond acceptors (Lipinski definition) is 7. The fourth-order valence-corrected chi connectivity index (χ4v) is 6.62. The van der Waals surface area contributed by atoms with Gasteiger partial charge in [-0.25, -0.2) is 13.2 Å². The van der Waals surface area contributed by atoms with E-state index in [1.54, 1.807) is 64.3 Å². The minimum atomic E-state index is -3.96. The van der Waals surface area contributed by atoms with Gasteiger partial charge in [-0.15, -0.1) is 0 Å². The number of aryl methyl sites for hydroxylation is 1. The number of benzene rings is 2. The second-order valence-electron chi connectivity index (χ2n) is 12.6. The number of amidine groups is 1. The summed E-state index contributed by atoms with van der Waals surface area (Å²) in [5.74, 6) is 0.135. The average molecular weight is 575 g/mol. The van der Waals surface area contributed by atoms with Crippen molar-refractivity contribution in [3.63, 3.8) is 0 Å². The maximum atomic E-state index is 14.1. The van der Waals surface area contributed by atoms with Crippen molar-refractivity contribution in [1.82, 2.24) is 4.72 Å². The number of rotatable bonds is 7. The first-order chi connectivity index (χ1) is 17.8. The first-order valence-electron chi connectivity index (χ1n) is 13.0. The highest BCUT2D eigenvalue weighted by Crippen LogP contribution is 2.49. The number of hydrogen-bond donors (Lipinski definition) is 1. The lowest BCUT2D eigenvalue weighted by Crippen LogP contribution is -2.57. The van der Waals surface area contributed by atoms with E-state index in [1.165, 1.54) is 0 Å². The van der Waals surface area contributed by atoms with Crippen LogP contribution in [0.15, 0.2) is 58.4 Å². The van der Waals surface area contributed by atoms with Crippen LogP contribution in [0.5, 0.6) is 5.75 Å². The summed E-state index contributed by atoms with van der Waals surface area (Å²) < 4.78 is 47.6. The third kappa shape index (κ3) is 6.91. The molecule has 1 aliphatic rings. The second-order valence-corrected chi connectivity index (χ2v) is 19.0. The monoisotopic (exact) mass is 574 g/mol. The molecular weight excluding hydrogens is 532 g/mol. The molecule has 0 saturated carbocycles. The summed E-state index contributed by atoms with van der Waals surface area (Å²) in [5.41, 5.74) is -0.794. The summed E-state index contributed by atoms with van der Waals surface area (Å²) in [7, 11) is -5.02. The highest BCUT2D eigenvalue weighted by molar-refractivity contribution is 7.90. The number of carbonyl (C=O) groups is 1. The lowest BCUT2D eigenvalue weighted by atomic mass is 9.88. The molecule has 0 amide bonds. The number of ether oxygens (including phenoxy) is 2. The summed E-state index contributed by atoms with van der Waals surface area (Å²) >= 11 is 0. The van der Waals surface area contributed by atoms with Crippen molar-refractivity contribution in [1.29, 1.82) is 0 Å². The third-order valence-electron chi connectivity index (χ3n) is 7.14. The first-order valence-corrected chi connectivity index (χ1v) is 17.4. The molecule has 0 radical (unpaired) electrons. The van der Waals surface area contributed by atoms with Crippen molar-refractivity contribution in [2.24, 2.45) is 4.99 Å². The number of esters is 1. The Balaban J connectivity index is 2.19. The van der Waals surface area contributed by atoms with E-state index in [4.69, 9.17) is 18.9 Å². The Morgan fingerprint density at radius 1 is 1.05 bits per heavy atom. The molecule has 0 spiro atoms. The molecule has 0 saturated heterocycles. The zero-order valence-electron chi connectivity index (χ0n) is 24.7. The van der Waals surface area contributed by atoms with Crippen LogP contribution in [0.3, 0.4) is 0 Å². The van der Waals surface area contributed by atoms with Crippen molar-refractivity contribution in [3.8, 4) is 5.75 Å². The summed E-state index contributed by atoms with van der Waals surface area (Å²) in [5, 5.41) is -0.245. The Labute approximate surface area is 234 Å². The summed E-state index contributed by atoms with van der Waals surface area (Å²) in [6.07, 6.45) is -0.0958. The maximum absolute atomic E-state index is 14.1. The van der Waals surface area contributed by atoms with Crippen molar-refractivity contribution in [2.75, 3.05) is 7.11 Å². The third-order valence-corrected chi connectivity index (χ3v) is 13.0. The molecule has 0 aromatic heterocycles. The molecule has 0 unspecified atom stereocenters. The SMILES string of the molecule is COc1cccc([C@H]2N=C(NS(=O)(=O)c3ccc(C)cc3)C[C@]2(O[Si](C)(C)C(C)(C)C)C(=O)OC(C)(C)C)c1. The van der Waals surface area contributed by atoms with Crippen molar-refractivity contribution in [3.05, 3.63) is 59.7 Å². The summed E-state index contributed by atoms with van der Waals surface area (Å²) in [4.78, 5) is 19.0. The van der Waals surface area contributed by atoms with E-state index >= 15 is 0 Å². The molecule has 10 heteroatoms. The average Bonchev–Trinajstić information content (AvgIpc) is 3.15. The Kier molecular flexibility index (Phi) is 8.47. The van der Waals surface area contributed by atoms with Gasteiger partial charge in [-0.2, -0.15) is 0 Å². The predicted octanol–water partition coefficient (Wildman–Crippen LogP) is 5.93. The predicted molar refractivity (Wildman–Crippen MR) is 156 cm³/mol. The zero-order chi connectivity index (χ0) is 29.4. The van der Waals surface area contributed by atoms with E-state index in [0.717, 1.165) is 5.56 Å². The van der Waals surface area contributed by atoms with Gasteiger partial charge in [0, 0.05) is 6.42 Å². The lowest BCUT2D eigenvalue weighted by molar-refractivity contribution is -0.176. The van der Waals surface area contributed by atoms with Crippen LogP contribution in [0, 0.1) is 6.92 Å². The van der Waals surface area contributed by atoms with E-state index in [2.05, 4.69) is 38.6 Å². The molecule has 3 rings (SSSR count). The Bertz CT molecular complexity index is 1340. The molecule has 1 aliphatic heterocycles. The second kappa shape index (κ2) is 10.7. The van der Waals surface area contributed by atoms with Crippen molar-refractivity contribution in [2.45, 2.75) is 95.2 Å². The molecule has 1 N–H and O–H groups in total. The van der Waals surface area contributed by atoms with Crippen LogP contribution in [0.1, 0.15) is 65.1 Å². The molecule has 1 heterocycles. The van der Waals surface area contributed by atoms with Gasteiger partial charge in [-0.3, -0.25) is 9.71 Å². The number of carbonyl (C=O) groups excluding carboxylic acids is 1. The highest BCUT2D eigenvalue weighted by Gasteiger charge is 2.59. The molecule has 0 bridgehead atoms. The molecule has 39 heavy (non-hydrogen) atoms. The summed E-state index contributed by atoms with van der Waals surface area (Å²) in [6.45, 7) is 17.6. The molecule has 0 fully saturated rings. The number of sulfonamides is 1. The van der Waals surface area contributed by atoms with E-state index in [-0.39, 0.29) is 22.2 Å². The van der Waals surface area contributed by atoms with Gasteiger partial charge in [0.05, 0.1) is 12.0 Å². The van der Waals surface area contributed by atoms with Crippen LogP contribution in [0.2, 0.25) is 18.1 Å². The molecule has 214 valence electrons. The number of methoxy groups -OCH3 is 1. The smallest absolute Gasteiger partial charge is 0.340 e. The minimum Gasteiger partial charge on any atom is -0.497 e. The number of nitrogens with one attached hydrogen (secondary N) is 1. The van der Waals surface area contributed by atoms with Gasteiger partial charge in [0.25, 0.3) is 10.0 Å². The van der Waals surface area contributed by atoms with E-state index in [0.29, 0.717) is 11.3 Å². The topological polar surface area (TPSA) is 103 Å². The van der Waals surface area contributed by atoms with Gasteiger partial charge in [-0.05, 0) is 75.7 Å². The molecular formula is C29H42N2O6SSi. The normalized spacial score (nSPS) is 20.4. The quantitative estimate of drug-likeness (QED) is 0.325. The summed E-state index contributed by atoms with van der Waals surface area (Å²) in [6, 6.07) is 12.9. The number of aliphatic imine (C=N–C) groups is 1. The standard InChI is InChI=1S/C29H42N2O6SSi/c1-20-14-16-23(17-15-20)38(33,34)31-24-19-29(26(32)36-27(2,3)4,37-39(9,10)28(5,6)7)25(30-24)21-12-11-13-22(18-21)35-8/h11-18,25H,19H2,1-10H3,(H,30,31)/t25-,29-/m1/s1. The van der Waals surface area contributed by atoms with Crippen LogP contribution in [0.4, 0.5) is 0 Å². The fourth-order valence-electron chi connectivity index (χ4n) is 4.09. The van der Waals surface area contributed by atoms with Gasteiger partial charge in [0.1, 0.15) is 23.2 Å². The van der Waals surface area contributed by atoms with Gasteiger partial charge in [0.2, 0.25) is 0 Å². The van der Waals surface area contributed by atoms with E-state index < -0.39 is 41.6 Å². The van der Waals surface area contributed by atoms with Crippen LogP contribution in [0.25, 0.3) is 0 Å². The van der Waals surface area contributed by atoms with Crippen molar-refractivity contribution < 1.29 is 27.1 Å². The van der Waals surface area contributed by atoms with E-state index in [1.807, 2.05) is 19.1 Å². The van der Waals surface area contributed by atoms with Gasteiger partial charge in [0.15, 0.2) is 13.9 Å². The Morgan fingerprint density at radius 3 is 2.21 bits per heavy atom. The largest absolute Gasteiger partial charge is 0.497 e. The first kappa shape index (κ1) is 30.8. The van der Waals surface area contributed by atoms with Gasteiger partial charge in [-0.1, -0.05) is 50.6 Å². The molecule has 8 nitrogen and oxygen atoms in total. The maximum Gasteiger partial charge on any atom is 0.340 e. The van der Waals surface area contributed by atoms with Gasteiger partial charge < -0.3 is 13.9 Å². The van der Waals surface area contributed by atoms with Crippen LogP contribution < -0.4 is 9.46 Å². The van der Waals surface area contributed by atoms with Crippen LogP contribution >= 0.6 is 0 Å². The molecule has 0 aliphatic carbocycles. The fraction of sp³-hybridized carbons (Fsp3) is 0.517. The van der Waals surface area contributed by atoms with Gasteiger partial charge >= 0.3 is 5.97 Å². The minimum absolute atomic E-state index is 0.0958. The highest BCUT2D eigenvalue weighted by atomic mass is 32.2. The zero-order valence-corrected chi connectivity index (χ0v) is 26.5. The lowest BCUT2D eigenvalue weighted by Gasteiger charge is -2.45. The molecule has 2 aromatic rings.